The largest absolute Gasteiger partial charge is 0.264 e. The fourth-order valence-electron chi connectivity index (χ4n) is 2.76. The quantitative estimate of drug-likeness (QED) is 0.596. The molecule has 2 aromatic carbocycles. The normalized spacial score (nSPS) is 10.7. The fraction of sp³-hybridized carbons (Fsp3) is 0. The van der Waals surface area contributed by atoms with Crippen molar-refractivity contribution in [3.05, 3.63) is 65.6 Å². The summed E-state index contributed by atoms with van der Waals surface area (Å²) in [5.74, 6) is 0. The Morgan fingerprint density at radius 1 is 1.08 bits per heavy atom. The molecule has 5 nitrogen and oxygen atoms in total. The Balaban J connectivity index is 1.95. The van der Waals surface area contributed by atoms with Gasteiger partial charge in [0.1, 0.15) is 11.8 Å². The number of hydrogen-bond acceptors (Lipinski definition) is 4. The van der Waals surface area contributed by atoms with Gasteiger partial charge >= 0.3 is 0 Å². The lowest BCUT2D eigenvalue weighted by atomic mass is 9.97. The molecule has 0 saturated carbocycles. The average molecular weight is 332 g/mol. The van der Waals surface area contributed by atoms with Crippen LogP contribution >= 0.6 is 11.6 Å². The highest BCUT2D eigenvalue weighted by Crippen LogP contribution is 2.33. The number of hydrogen-bond donors (Lipinski definition) is 1. The summed E-state index contributed by atoms with van der Waals surface area (Å²) in [5, 5.41) is 22.2. The lowest BCUT2D eigenvalue weighted by molar-refractivity contribution is 0.937. The number of benzene rings is 2. The number of pyridine rings is 1. The molecule has 4 aromatic rings. The maximum absolute atomic E-state index is 9.16. The molecule has 1 N–H and O–H groups in total. The number of nitriles is 1. The van der Waals surface area contributed by atoms with Crippen LogP contribution in [-0.4, -0.2) is 20.4 Å². The first-order valence-electron chi connectivity index (χ1n) is 7.21. The molecule has 0 aliphatic rings. The van der Waals surface area contributed by atoms with Crippen molar-refractivity contribution in [2.24, 2.45) is 0 Å². The van der Waals surface area contributed by atoms with Gasteiger partial charge in [-0.05, 0) is 40.8 Å². The summed E-state index contributed by atoms with van der Waals surface area (Å²) in [6, 6.07) is 15.7. The Labute approximate surface area is 142 Å². The minimum Gasteiger partial charge on any atom is -0.264 e. The minimum absolute atomic E-state index is 0.310. The smallest absolute Gasteiger partial charge is 0.163 e. The first-order chi connectivity index (χ1) is 11.8. The van der Waals surface area contributed by atoms with Gasteiger partial charge < -0.3 is 0 Å². The number of nitrogens with one attached hydrogen (secondary N) is 1. The number of halogens is 1. The molecule has 0 fully saturated rings. The molecule has 2 aromatic heterocycles. The van der Waals surface area contributed by atoms with E-state index in [-0.39, 0.29) is 0 Å². The zero-order valence-electron chi connectivity index (χ0n) is 12.4. The third kappa shape index (κ3) is 2.39. The lowest BCUT2D eigenvalue weighted by Gasteiger charge is -2.09. The van der Waals surface area contributed by atoms with Crippen molar-refractivity contribution in [3.63, 3.8) is 0 Å². The van der Waals surface area contributed by atoms with Gasteiger partial charge in [0.05, 0.1) is 0 Å². The molecule has 0 saturated heterocycles. The van der Waals surface area contributed by atoms with E-state index in [4.69, 9.17) is 16.9 Å². The van der Waals surface area contributed by atoms with Crippen LogP contribution in [0.4, 0.5) is 0 Å². The molecule has 0 bridgehead atoms. The molecule has 6 heteroatoms. The number of H-pyrrole nitrogens is 1. The molecule has 0 aliphatic carbocycles. The molecular formula is C18H10ClN5. The Bertz CT molecular complexity index is 1090. The highest BCUT2D eigenvalue weighted by Gasteiger charge is 2.13. The second-order valence-corrected chi connectivity index (χ2v) is 5.71. The Hall–Kier alpha value is -3.23. The van der Waals surface area contributed by atoms with Crippen molar-refractivity contribution in [2.45, 2.75) is 0 Å². The van der Waals surface area contributed by atoms with E-state index in [1.54, 1.807) is 12.3 Å². The van der Waals surface area contributed by atoms with Crippen LogP contribution in [0.1, 0.15) is 5.69 Å². The number of aromatic amines is 1. The highest BCUT2D eigenvalue weighted by molar-refractivity contribution is 6.31. The van der Waals surface area contributed by atoms with Gasteiger partial charge in [-0.1, -0.05) is 35.0 Å². The third-order valence-electron chi connectivity index (χ3n) is 3.82. The van der Waals surface area contributed by atoms with Crippen LogP contribution in [-0.2, 0) is 0 Å². The molecule has 114 valence electrons. The SMILES string of the molecule is N#Cc1[nH]nnc1-c1cc(Cl)cc(-c2cccc3cnccc23)c1. The van der Waals surface area contributed by atoms with Crippen molar-refractivity contribution in [1.82, 2.24) is 20.4 Å². The maximum Gasteiger partial charge on any atom is 0.163 e. The predicted molar refractivity (Wildman–Crippen MR) is 92.3 cm³/mol. The van der Waals surface area contributed by atoms with Gasteiger partial charge in [-0.3, -0.25) is 4.98 Å². The van der Waals surface area contributed by atoms with E-state index in [0.29, 0.717) is 16.4 Å². The van der Waals surface area contributed by atoms with E-state index < -0.39 is 0 Å². The third-order valence-corrected chi connectivity index (χ3v) is 4.04. The van der Waals surface area contributed by atoms with Crippen LogP contribution in [0.25, 0.3) is 33.2 Å². The van der Waals surface area contributed by atoms with Gasteiger partial charge in [0.2, 0.25) is 0 Å². The molecule has 0 spiro atoms. The number of aromatic nitrogens is 4. The molecule has 2 heterocycles. The van der Waals surface area contributed by atoms with E-state index in [9.17, 15) is 0 Å². The van der Waals surface area contributed by atoms with E-state index >= 15 is 0 Å². The van der Waals surface area contributed by atoms with Crippen molar-refractivity contribution < 1.29 is 0 Å². The van der Waals surface area contributed by atoms with Crippen molar-refractivity contribution >= 4 is 22.4 Å². The summed E-state index contributed by atoms with van der Waals surface area (Å²) < 4.78 is 0. The summed E-state index contributed by atoms with van der Waals surface area (Å²) in [7, 11) is 0. The molecule has 0 amide bonds. The number of fused-ring (bicyclic) bond motifs is 1. The predicted octanol–water partition coefficient (Wildman–Crippen LogP) is 4.21. The zero-order chi connectivity index (χ0) is 16.5. The van der Waals surface area contributed by atoms with Gasteiger partial charge in [0.15, 0.2) is 5.69 Å². The molecule has 0 radical (unpaired) electrons. The van der Waals surface area contributed by atoms with Gasteiger partial charge in [-0.15, -0.1) is 5.10 Å². The monoisotopic (exact) mass is 331 g/mol. The molecular weight excluding hydrogens is 322 g/mol. The first kappa shape index (κ1) is 14.4. The number of nitrogens with zero attached hydrogens (tertiary/aromatic N) is 4. The van der Waals surface area contributed by atoms with Crippen LogP contribution in [0.2, 0.25) is 5.02 Å². The average Bonchev–Trinajstić information content (AvgIpc) is 3.09. The summed E-state index contributed by atoms with van der Waals surface area (Å²) >= 11 is 6.31. The second kappa shape index (κ2) is 5.76. The van der Waals surface area contributed by atoms with E-state index in [1.165, 1.54) is 0 Å². The molecule has 24 heavy (non-hydrogen) atoms. The van der Waals surface area contributed by atoms with Crippen LogP contribution in [0.15, 0.2) is 54.9 Å². The van der Waals surface area contributed by atoms with E-state index in [2.05, 4.69) is 26.5 Å². The minimum atomic E-state index is 0.310. The Kier molecular flexibility index (Phi) is 3.45. The van der Waals surface area contributed by atoms with Gasteiger partial charge in [0.25, 0.3) is 0 Å². The zero-order valence-corrected chi connectivity index (χ0v) is 13.1. The van der Waals surface area contributed by atoms with Crippen molar-refractivity contribution in [1.29, 1.82) is 5.26 Å². The topological polar surface area (TPSA) is 78.2 Å². The van der Waals surface area contributed by atoms with Crippen molar-refractivity contribution in [2.75, 3.05) is 0 Å². The summed E-state index contributed by atoms with van der Waals surface area (Å²) in [4.78, 5) is 4.16. The van der Waals surface area contributed by atoms with Crippen LogP contribution in [0.5, 0.6) is 0 Å². The molecule has 4 rings (SSSR count). The maximum atomic E-state index is 9.16. The van der Waals surface area contributed by atoms with E-state index in [1.807, 2.05) is 42.6 Å². The van der Waals surface area contributed by atoms with Gasteiger partial charge in [0, 0.05) is 28.4 Å². The van der Waals surface area contributed by atoms with Crippen molar-refractivity contribution in [3.8, 4) is 28.5 Å². The van der Waals surface area contributed by atoms with Crippen LogP contribution in [0.3, 0.4) is 0 Å². The summed E-state index contributed by atoms with van der Waals surface area (Å²) in [6.07, 6.45) is 3.60. The summed E-state index contributed by atoms with van der Waals surface area (Å²) in [6.45, 7) is 0. The molecule has 0 aliphatic heterocycles. The summed E-state index contributed by atoms with van der Waals surface area (Å²) in [5.41, 5.74) is 3.53. The standard InChI is InChI=1S/C18H10ClN5/c19-14-7-12(6-13(8-14)18-17(9-20)22-24-23-18)15-3-1-2-11-10-21-5-4-16(11)15/h1-8,10H,(H,22,23,24). The lowest BCUT2D eigenvalue weighted by Crippen LogP contribution is -1.87. The molecule has 0 unspecified atom stereocenters. The van der Waals surface area contributed by atoms with E-state index in [0.717, 1.165) is 27.5 Å². The highest BCUT2D eigenvalue weighted by atomic mass is 35.5. The second-order valence-electron chi connectivity index (χ2n) is 5.28. The molecule has 0 atom stereocenters. The fourth-order valence-corrected chi connectivity index (χ4v) is 3.00. The Morgan fingerprint density at radius 3 is 2.83 bits per heavy atom. The Morgan fingerprint density at radius 2 is 1.96 bits per heavy atom. The van der Waals surface area contributed by atoms with Gasteiger partial charge in [-0.25, -0.2) is 5.10 Å². The van der Waals surface area contributed by atoms with Gasteiger partial charge in [-0.2, -0.15) is 5.26 Å². The number of rotatable bonds is 2. The first-order valence-corrected chi connectivity index (χ1v) is 7.59. The van der Waals surface area contributed by atoms with Crippen LogP contribution in [0, 0.1) is 11.3 Å². The van der Waals surface area contributed by atoms with Crippen LogP contribution < -0.4 is 0 Å².